The van der Waals surface area contributed by atoms with Gasteiger partial charge in [-0.3, -0.25) is 0 Å². The third-order valence-electron chi connectivity index (χ3n) is 0. The molecule has 0 aliphatic carbocycles. The van der Waals surface area contributed by atoms with E-state index in [-0.39, 0.29) is 33.5 Å². The Morgan fingerprint density at radius 1 is 0.833 bits per heavy atom. The molecule has 0 aliphatic heterocycles. The third-order valence-corrected chi connectivity index (χ3v) is 0. The standard InChI is InChI=1S/Cu.3H2O.O.Sb/h;3*1H2;;/q+2;;;;;+1/p-3. The molecule has 0 rings (SSSR count). The van der Waals surface area contributed by atoms with Gasteiger partial charge in [-0.05, 0) is 0 Å². The van der Waals surface area contributed by atoms with Gasteiger partial charge in [0, 0.05) is 0 Å². The van der Waals surface area contributed by atoms with Crippen molar-refractivity contribution in [3.05, 3.63) is 0 Å². The molecule has 4 nitrogen and oxygen atoms in total. The molecule has 0 spiro atoms. The van der Waals surface area contributed by atoms with Crippen LogP contribution in [0.5, 0.6) is 0 Å². The van der Waals surface area contributed by atoms with Crippen LogP contribution in [0.25, 0.3) is 0 Å². The quantitative estimate of drug-likeness (QED) is 0.513. The molecule has 6 heteroatoms. The van der Waals surface area contributed by atoms with Crippen LogP contribution in [0.2, 0.25) is 0 Å². The molecule has 0 unspecified atom stereocenters. The zero-order valence-corrected chi connectivity index (χ0v) is 5.99. The second-order valence-electron chi connectivity index (χ2n) is 0. The molecule has 3 radical (unpaired) electrons. The average Bonchev–Trinajstić information content (AvgIpc) is 1.00. The number of rotatable bonds is 0. The Morgan fingerprint density at radius 2 is 0.833 bits per heavy atom. The van der Waals surface area contributed by atoms with Gasteiger partial charge in [-0.25, -0.2) is 0 Å². The van der Waals surface area contributed by atoms with Gasteiger partial charge in [0.25, 0.3) is 0 Å². The van der Waals surface area contributed by atoms with Crippen molar-refractivity contribution in [3.8, 4) is 0 Å². The predicted octanol–water partition coefficient (Wildman–Crippen LogP) is -1.03. The summed E-state index contributed by atoms with van der Waals surface area (Å²) < 4.78 is 8.30. The second-order valence-corrected chi connectivity index (χ2v) is 0. The molecule has 0 atom stereocenters. The number of hydrogen-bond donors (Lipinski definition) is 0. The molecule has 0 fully saturated rings. The van der Waals surface area contributed by atoms with Gasteiger partial charge in [-0.1, -0.05) is 0 Å². The van der Waals surface area contributed by atoms with E-state index >= 15 is 0 Å². The van der Waals surface area contributed by atoms with Gasteiger partial charge < -0.3 is 16.4 Å². The normalized spacial score (nSPS) is 0.667. The summed E-state index contributed by atoms with van der Waals surface area (Å²) in [4.78, 5) is 0. The molecule has 0 saturated carbocycles. The van der Waals surface area contributed by atoms with E-state index in [1.165, 1.54) is 0 Å². The summed E-state index contributed by atoms with van der Waals surface area (Å²) in [5.74, 6) is 0. The molecular weight excluding hydrogens is 249 g/mol. The molecule has 0 aromatic heterocycles. The van der Waals surface area contributed by atoms with E-state index in [0.717, 1.165) is 0 Å². The van der Waals surface area contributed by atoms with Crippen molar-refractivity contribution in [3.63, 3.8) is 0 Å². The van der Waals surface area contributed by atoms with Crippen molar-refractivity contribution < 1.29 is 36.5 Å². The van der Waals surface area contributed by atoms with Crippen LogP contribution >= 0.6 is 0 Å². The van der Waals surface area contributed by atoms with Crippen molar-refractivity contribution >= 4 is 23.0 Å². The summed E-state index contributed by atoms with van der Waals surface area (Å²) >= 11 is 0.500. The van der Waals surface area contributed by atoms with Gasteiger partial charge in [0.2, 0.25) is 0 Å². The van der Waals surface area contributed by atoms with Crippen LogP contribution in [-0.4, -0.2) is 39.4 Å². The topological polar surface area (TPSA) is 107 Å². The maximum atomic E-state index is 8.30. The first-order valence-electron chi connectivity index (χ1n) is 0.183. The third kappa shape index (κ3) is 78.2. The molecular formula is H3CuO4Sb. The summed E-state index contributed by atoms with van der Waals surface area (Å²) in [6.07, 6.45) is 0. The Labute approximate surface area is 59.6 Å². The van der Waals surface area contributed by atoms with Gasteiger partial charge >= 0.3 is 43.1 Å². The summed E-state index contributed by atoms with van der Waals surface area (Å²) in [6.45, 7) is 0. The van der Waals surface area contributed by atoms with Crippen LogP contribution in [-0.2, 0) is 20.1 Å². The molecule has 0 saturated heterocycles. The fourth-order valence-electron chi connectivity index (χ4n) is 0. The van der Waals surface area contributed by atoms with Crippen molar-refractivity contribution in [2.45, 2.75) is 0 Å². The van der Waals surface area contributed by atoms with E-state index in [1.807, 2.05) is 0 Å². The van der Waals surface area contributed by atoms with Crippen LogP contribution < -0.4 is 0 Å². The van der Waals surface area contributed by atoms with Crippen molar-refractivity contribution in [2.24, 2.45) is 0 Å². The van der Waals surface area contributed by atoms with Crippen LogP contribution in [0.15, 0.2) is 0 Å². The van der Waals surface area contributed by atoms with E-state index in [4.69, 9.17) is 3.02 Å². The van der Waals surface area contributed by atoms with Crippen LogP contribution in [0.4, 0.5) is 0 Å². The van der Waals surface area contributed by atoms with Crippen molar-refractivity contribution in [1.82, 2.24) is 0 Å². The SMILES string of the molecule is [Cu+2].[OH-].[OH-].[OH-].[O]=[Sb+]. The van der Waals surface area contributed by atoms with Gasteiger partial charge in [0.1, 0.15) is 0 Å². The summed E-state index contributed by atoms with van der Waals surface area (Å²) in [5.41, 5.74) is 0. The predicted molar refractivity (Wildman–Crippen MR) is 12.2 cm³/mol. The molecule has 0 aromatic carbocycles. The van der Waals surface area contributed by atoms with E-state index < -0.39 is 0 Å². The van der Waals surface area contributed by atoms with Crippen LogP contribution in [0.1, 0.15) is 0 Å². The van der Waals surface area contributed by atoms with Gasteiger partial charge in [-0.15, -0.1) is 0 Å². The molecule has 0 bridgehead atoms. The second kappa shape index (κ2) is 146. The Morgan fingerprint density at radius 3 is 0.833 bits per heavy atom. The van der Waals surface area contributed by atoms with E-state index in [2.05, 4.69) is 0 Å². The minimum atomic E-state index is 0. The van der Waals surface area contributed by atoms with E-state index in [0.29, 0.717) is 23.0 Å². The van der Waals surface area contributed by atoms with Gasteiger partial charge in [0.05, 0.1) is 0 Å². The van der Waals surface area contributed by atoms with Crippen LogP contribution in [0.3, 0.4) is 0 Å². The molecule has 0 heterocycles. The zero-order chi connectivity index (χ0) is 2.00. The molecule has 6 heavy (non-hydrogen) atoms. The van der Waals surface area contributed by atoms with E-state index in [9.17, 15) is 0 Å². The Hall–Kier alpha value is 1.02. The summed E-state index contributed by atoms with van der Waals surface area (Å²) in [7, 11) is 0. The number of hydrogen-bond acceptors (Lipinski definition) is 4. The first-order valence-corrected chi connectivity index (χ1v) is 1.22. The molecule has 3 N–H and O–H groups in total. The first kappa shape index (κ1) is 62.4. The van der Waals surface area contributed by atoms with Crippen molar-refractivity contribution in [1.29, 1.82) is 0 Å². The van der Waals surface area contributed by atoms with Crippen LogP contribution in [0, 0.1) is 0 Å². The maximum absolute atomic E-state index is 8.30. The molecule has 0 aromatic rings. The average molecular weight is 252 g/mol. The Kier molecular flexibility index (Phi) is 1520. The summed E-state index contributed by atoms with van der Waals surface area (Å²) in [6, 6.07) is 0. The summed E-state index contributed by atoms with van der Waals surface area (Å²) in [5, 5.41) is 0. The fourth-order valence-corrected chi connectivity index (χ4v) is 0. The fraction of sp³-hybridized carbons (Fsp3) is 0. The molecule has 0 amide bonds. The Bertz CT molecular complexity index is 7.51. The monoisotopic (exact) mass is 251 g/mol. The first-order chi connectivity index (χ1) is 1.00. The zero-order valence-electron chi connectivity index (χ0n) is 2.50. The van der Waals surface area contributed by atoms with Gasteiger partial charge in [-0.2, -0.15) is 0 Å². The Balaban J connectivity index is -0.000000000833. The minimum absolute atomic E-state index is 0. The molecule has 43 valence electrons. The van der Waals surface area contributed by atoms with Gasteiger partial charge in [0.15, 0.2) is 0 Å². The van der Waals surface area contributed by atoms with Crippen molar-refractivity contribution in [2.75, 3.05) is 0 Å². The van der Waals surface area contributed by atoms with E-state index in [1.54, 1.807) is 0 Å². The molecule has 0 aliphatic rings.